The summed E-state index contributed by atoms with van der Waals surface area (Å²) in [6.07, 6.45) is 0.845. The Balaban J connectivity index is 2.10. The number of nitrogens with zero attached hydrogens (tertiary/aromatic N) is 1. The number of hydrogen-bond donors (Lipinski definition) is 2. The molecule has 1 unspecified atom stereocenters. The van der Waals surface area contributed by atoms with Crippen molar-refractivity contribution < 1.29 is 14.1 Å². The van der Waals surface area contributed by atoms with Crippen molar-refractivity contribution in [1.82, 2.24) is 10.5 Å². The first-order valence-electron chi connectivity index (χ1n) is 7.15. The molecule has 6 heteroatoms. The molecular weight excluding hydrogens is 282 g/mol. The molecule has 0 aliphatic heterocycles. The highest BCUT2D eigenvalue weighted by Gasteiger charge is 2.13. The summed E-state index contributed by atoms with van der Waals surface area (Å²) in [5.41, 5.74) is 0.835. The molecule has 1 heterocycles. The summed E-state index contributed by atoms with van der Waals surface area (Å²) in [5, 5.41) is 9.19. The lowest BCUT2D eigenvalue weighted by Crippen LogP contribution is -2.32. The standard InChI is InChI=1S/C16H19N3O3/c1-4-10(2)17-15(20)12-6-5-7-13(9-12)16(21)18-14-8-11(3)22-19-14/h5-10H,4H2,1-3H3,(H,17,20)(H,18,19,21). The van der Waals surface area contributed by atoms with Gasteiger partial charge >= 0.3 is 0 Å². The van der Waals surface area contributed by atoms with E-state index in [4.69, 9.17) is 4.52 Å². The summed E-state index contributed by atoms with van der Waals surface area (Å²) in [7, 11) is 0. The van der Waals surface area contributed by atoms with Crippen LogP contribution in [0, 0.1) is 6.92 Å². The van der Waals surface area contributed by atoms with Crippen LogP contribution in [0.25, 0.3) is 0 Å². The van der Waals surface area contributed by atoms with Gasteiger partial charge in [0.05, 0.1) is 0 Å². The van der Waals surface area contributed by atoms with Crippen LogP contribution in [-0.2, 0) is 0 Å². The third kappa shape index (κ3) is 3.94. The van der Waals surface area contributed by atoms with Crippen LogP contribution in [0.2, 0.25) is 0 Å². The Labute approximate surface area is 128 Å². The normalized spacial score (nSPS) is 11.8. The van der Waals surface area contributed by atoms with Crippen molar-refractivity contribution >= 4 is 17.6 Å². The van der Waals surface area contributed by atoms with Gasteiger partial charge in [-0.05, 0) is 38.5 Å². The minimum atomic E-state index is -0.341. The van der Waals surface area contributed by atoms with Crippen LogP contribution in [0.1, 0.15) is 46.7 Å². The first kappa shape index (κ1) is 15.8. The molecule has 0 aliphatic carbocycles. The predicted molar refractivity (Wildman–Crippen MR) is 82.9 cm³/mol. The molecule has 2 N–H and O–H groups in total. The number of carbonyl (C=O) groups is 2. The van der Waals surface area contributed by atoms with Gasteiger partial charge in [-0.3, -0.25) is 9.59 Å². The fourth-order valence-corrected chi connectivity index (χ4v) is 1.82. The van der Waals surface area contributed by atoms with E-state index in [1.165, 1.54) is 0 Å². The van der Waals surface area contributed by atoms with Crippen LogP contribution in [0.3, 0.4) is 0 Å². The Morgan fingerprint density at radius 1 is 1.23 bits per heavy atom. The first-order chi connectivity index (χ1) is 10.5. The molecule has 22 heavy (non-hydrogen) atoms. The first-order valence-corrected chi connectivity index (χ1v) is 7.15. The average molecular weight is 301 g/mol. The molecule has 1 atom stereocenters. The molecule has 116 valence electrons. The molecule has 0 bridgehead atoms. The molecule has 0 saturated carbocycles. The lowest BCUT2D eigenvalue weighted by molar-refractivity contribution is 0.0939. The summed E-state index contributed by atoms with van der Waals surface area (Å²) in [6, 6.07) is 8.26. The van der Waals surface area contributed by atoms with Crippen LogP contribution in [0.4, 0.5) is 5.82 Å². The summed E-state index contributed by atoms with van der Waals surface area (Å²) in [5.74, 6) is 0.418. The molecular formula is C16H19N3O3. The van der Waals surface area contributed by atoms with E-state index in [0.29, 0.717) is 22.7 Å². The van der Waals surface area contributed by atoms with E-state index in [1.807, 2.05) is 13.8 Å². The van der Waals surface area contributed by atoms with Gasteiger partial charge in [0.2, 0.25) is 0 Å². The van der Waals surface area contributed by atoms with Gasteiger partial charge in [-0.25, -0.2) is 0 Å². The number of amides is 2. The topological polar surface area (TPSA) is 84.2 Å². The Bertz CT molecular complexity index is 679. The second-order valence-electron chi connectivity index (χ2n) is 5.14. The Hall–Kier alpha value is -2.63. The third-order valence-corrected chi connectivity index (χ3v) is 3.25. The van der Waals surface area contributed by atoms with Crippen molar-refractivity contribution in [1.29, 1.82) is 0 Å². The van der Waals surface area contributed by atoms with E-state index in [2.05, 4.69) is 15.8 Å². The zero-order chi connectivity index (χ0) is 16.1. The van der Waals surface area contributed by atoms with Crippen molar-refractivity contribution in [2.75, 3.05) is 5.32 Å². The quantitative estimate of drug-likeness (QED) is 0.889. The number of benzene rings is 1. The Morgan fingerprint density at radius 2 is 1.91 bits per heavy atom. The van der Waals surface area contributed by atoms with Crippen molar-refractivity contribution in [3.8, 4) is 0 Å². The van der Waals surface area contributed by atoms with E-state index in [1.54, 1.807) is 37.3 Å². The predicted octanol–water partition coefficient (Wildman–Crippen LogP) is 2.76. The number of rotatable bonds is 5. The Morgan fingerprint density at radius 3 is 2.50 bits per heavy atom. The van der Waals surface area contributed by atoms with Crippen molar-refractivity contribution in [2.24, 2.45) is 0 Å². The highest BCUT2D eigenvalue weighted by Crippen LogP contribution is 2.11. The molecule has 0 radical (unpaired) electrons. The Kier molecular flexibility index (Phi) is 4.93. The molecule has 2 rings (SSSR count). The molecule has 2 aromatic rings. The van der Waals surface area contributed by atoms with Gasteiger partial charge in [-0.15, -0.1) is 0 Å². The summed E-state index contributed by atoms with van der Waals surface area (Å²) < 4.78 is 4.89. The monoisotopic (exact) mass is 301 g/mol. The third-order valence-electron chi connectivity index (χ3n) is 3.25. The molecule has 0 saturated heterocycles. The number of hydrogen-bond acceptors (Lipinski definition) is 4. The molecule has 1 aromatic carbocycles. The van der Waals surface area contributed by atoms with Crippen LogP contribution in [0.5, 0.6) is 0 Å². The van der Waals surface area contributed by atoms with E-state index < -0.39 is 0 Å². The van der Waals surface area contributed by atoms with Gasteiger partial charge in [-0.2, -0.15) is 0 Å². The van der Waals surface area contributed by atoms with Crippen molar-refractivity contribution in [2.45, 2.75) is 33.2 Å². The molecule has 1 aromatic heterocycles. The molecule has 2 amide bonds. The van der Waals surface area contributed by atoms with Gasteiger partial charge in [0.15, 0.2) is 5.82 Å². The van der Waals surface area contributed by atoms with E-state index in [0.717, 1.165) is 6.42 Å². The highest BCUT2D eigenvalue weighted by molar-refractivity contribution is 6.05. The van der Waals surface area contributed by atoms with Crippen LogP contribution in [0.15, 0.2) is 34.9 Å². The fraction of sp³-hybridized carbons (Fsp3) is 0.312. The van der Waals surface area contributed by atoms with E-state index >= 15 is 0 Å². The lowest BCUT2D eigenvalue weighted by atomic mass is 10.1. The summed E-state index contributed by atoms with van der Waals surface area (Å²) in [4.78, 5) is 24.2. The number of anilines is 1. The zero-order valence-electron chi connectivity index (χ0n) is 12.8. The summed E-state index contributed by atoms with van der Waals surface area (Å²) >= 11 is 0. The minimum Gasteiger partial charge on any atom is -0.360 e. The SMILES string of the molecule is CCC(C)NC(=O)c1cccc(C(=O)Nc2cc(C)on2)c1. The summed E-state index contributed by atoms with van der Waals surface area (Å²) in [6.45, 7) is 5.67. The number of carbonyl (C=O) groups excluding carboxylic acids is 2. The highest BCUT2D eigenvalue weighted by atomic mass is 16.5. The maximum atomic E-state index is 12.2. The lowest BCUT2D eigenvalue weighted by Gasteiger charge is -2.11. The van der Waals surface area contributed by atoms with E-state index in [9.17, 15) is 9.59 Å². The van der Waals surface area contributed by atoms with Crippen LogP contribution in [-0.4, -0.2) is 23.0 Å². The fourth-order valence-electron chi connectivity index (χ4n) is 1.82. The largest absolute Gasteiger partial charge is 0.360 e. The second kappa shape index (κ2) is 6.89. The molecule has 0 spiro atoms. The van der Waals surface area contributed by atoms with E-state index in [-0.39, 0.29) is 17.9 Å². The smallest absolute Gasteiger partial charge is 0.256 e. The minimum absolute atomic E-state index is 0.0862. The maximum absolute atomic E-state index is 12.2. The van der Waals surface area contributed by atoms with Crippen LogP contribution >= 0.6 is 0 Å². The van der Waals surface area contributed by atoms with Gasteiger partial charge in [0, 0.05) is 23.2 Å². The molecule has 0 fully saturated rings. The number of nitrogens with one attached hydrogen (secondary N) is 2. The maximum Gasteiger partial charge on any atom is 0.256 e. The molecule has 6 nitrogen and oxygen atoms in total. The van der Waals surface area contributed by atoms with Crippen molar-refractivity contribution in [3.05, 3.63) is 47.2 Å². The van der Waals surface area contributed by atoms with Gasteiger partial charge in [0.25, 0.3) is 11.8 Å². The van der Waals surface area contributed by atoms with Crippen LogP contribution < -0.4 is 10.6 Å². The molecule has 0 aliphatic rings. The van der Waals surface area contributed by atoms with Crippen molar-refractivity contribution in [3.63, 3.8) is 0 Å². The number of aromatic nitrogens is 1. The van der Waals surface area contributed by atoms with Gasteiger partial charge in [-0.1, -0.05) is 18.1 Å². The van der Waals surface area contributed by atoms with Gasteiger partial charge in [0.1, 0.15) is 5.76 Å². The zero-order valence-corrected chi connectivity index (χ0v) is 12.8. The number of aryl methyl sites for hydroxylation is 1. The van der Waals surface area contributed by atoms with Gasteiger partial charge < -0.3 is 15.2 Å². The average Bonchev–Trinajstić information content (AvgIpc) is 2.92. The second-order valence-corrected chi connectivity index (χ2v) is 5.14.